The van der Waals surface area contributed by atoms with E-state index >= 15 is 0 Å². The fourth-order valence-corrected chi connectivity index (χ4v) is 1.53. The van der Waals surface area contributed by atoms with E-state index in [4.69, 9.17) is 0 Å². The van der Waals surface area contributed by atoms with Gasteiger partial charge in [-0.05, 0) is 18.2 Å². The first kappa shape index (κ1) is 7.76. The third-order valence-electron chi connectivity index (χ3n) is 1.75. The molecule has 4 heteroatoms. The maximum Gasteiger partial charge on any atom is 0.180 e. The van der Waals surface area contributed by atoms with Gasteiger partial charge in [0.05, 0.1) is 12.2 Å². The molecule has 1 heterocycles. The second-order valence-corrected chi connectivity index (χ2v) is 3.51. The Morgan fingerprint density at radius 3 is 3.08 bits per heavy atom. The lowest BCUT2D eigenvalue weighted by atomic mass is 10.1. The van der Waals surface area contributed by atoms with Crippen molar-refractivity contribution in [3.05, 3.63) is 28.2 Å². The van der Waals surface area contributed by atoms with Gasteiger partial charge in [-0.1, -0.05) is 15.9 Å². The van der Waals surface area contributed by atoms with Gasteiger partial charge < -0.3 is 5.43 Å². The summed E-state index contributed by atoms with van der Waals surface area (Å²) in [7, 11) is 0. The summed E-state index contributed by atoms with van der Waals surface area (Å²) in [4.78, 5) is 11.3. The molecule has 0 spiro atoms. The van der Waals surface area contributed by atoms with Crippen LogP contribution in [-0.2, 0) is 0 Å². The van der Waals surface area contributed by atoms with Crippen LogP contribution in [0.15, 0.2) is 22.7 Å². The van der Waals surface area contributed by atoms with Gasteiger partial charge in [0.2, 0.25) is 0 Å². The van der Waals surface area contributed by atoms with Crippen molar-refractivity contribution in [3.8, 4) is 0 Å². The molecule has 1 aliphatic heterocycles. The lowest BCUT2D eigenvalue weighted by molar-refractivity contribution is 0.0989. The second kappa shape index (κ2) is 2.88. The molecule has 0 fully saturated rings. The number of carbonyl (C=O) groups excluding carboxylic acids is 1. The highest BCUT2D eigenvalue weighted by atomic mass is 79.9. The largest absolute Gasteiger partial charge is 0.320 e. The molecule has 3 nitrogen and oxygen atoms in total. The maximum atomic E-state index is 11.3. The number of halogens is 1. The van der Waals surface area contributed by atoms with Crippen molar-refractivity contribution >= 4 is 27.4 Å². The number of nitrogens with one attached hydrogen (secondary N) is 2. The molecule has 0 bridgehead atoms. The minimum Gasteiger partial charge on any atom is -0.320 e. The standard InChI is InChI=1S/C8H7BrN2O/c9-5-1-2-7-6(3-5)8(12)4-10-11-7/h1-3,10-11H,4H2. The van der Waals surface area contributed by atoms with Gasteiger partial charge in [-0.3, -0.25) is 4.79 Å². The molecule has 1 aromatic rings. The van der Waals surface area contributed by atoms with E-state index in [0.29, 0.717) is 6.54 Å². The third-order valence-corrected chi connectivity index (χ3v) is 2.25. The third kappa shape index (κ3) is 1.23. The molecule has 0 unspecified atom stereocenters. The molecule has 12 heavy (non-hydrogen) atoms. The van der Waals surface area contributed by atoms with Crippen LogP contribution in [0, 0.1) is 0 Å². The molecule has 0 radical (unpaired) electrons. The van der Waals surface area contributed by atoms with Gasteiger partial charge in [0.1, 0.15) is 0 Å². The normalized spacial score (nSPS) is 15.2. The number of carbonyl (C=O) groups is 1. The minimum absolute atomic E-state index is 0.116. The molecular weight excluding hydrogens is 220 g/mol. The Balaban J connectivity index is 2.54. The zero-order chi connectivity index (χ0) is 8.55. The zero-order valence-corrected chi connectivity index (χ0v) is 7.81. The van der Waals surface area contributed by atoms with E-state index in [1.807, 2.05) is 18.2 Å². The van der Waals surface area contributed by atoms with Gasteiger partial charge in [-0.15, -0.1) is 0 Å². The van der Waals surface area contributed by atoms with Crippen LogP contribution in [0.2, 0.25) is 0 Å². The van der Waals surface area contributed by atoms with Crippen molar-refractivity contribution in [2.45, 2.75) is 0 Å². The summed E-state index contributed by atoms with van der Waals surface area (Å²) in [5.41, 5.74) is 7.30. The number of hydrazine groups is 1. The molecule has 1 aliphatic rings. The highest BCUT2D eigenvalue weighted by Crippen LogP contribution is 2.22. The summed E-state index contributed by atoms with van der Waals surface area (Å²) >= 11 is 3.32. The zero-order valence-electron chi connectivity index (χ0n) is 6.23. The Hall–Kier alpha value is -0.870. The van der Waals surface area contributed by atoms with Crippen LogP contribution < -0.4 is 10.9 Å². The van der Waals surface area contributed by atoms with Crippen LogP contribution in [-0.4, -0.2) is 12.3 Å². The van der Waals surface area contributed by atoms with E-state index < -0.39 is 0 Å². The predicted molar refractivity (Wildman–Crippen MR) is 50.1 cm³/mol. The summed E-state index contributed by atoms with van der Waals surface area (Å²) in [6, 6.07) is 5.58. The molecule has 0 aromatic heterocycles. The molecule has 0 saturated carbocycles. The molecule has 0 saturated heterocycles. The number of ketones is 1. The van der Waals surface area contributed by atoms with Crippen LogP contribution in [0.3, 0.4) is 0 Å². The van der Waals surface area contributed by atoms with Crippen LogP contribution >= 0.6 is 15.9 Å². The number of benzene rings is 1. The quantitative estimate of drug-likeness (QED) is 0.706. The van der Waals surface area contributed by atoms with Crippen molar-refractivity contribution in [3.63, 3.8) is 0 Å². The number of Topliss-reactive ketones (excluding diaryl/α,β-unsaturated/α-hetero) is 1. The Morgan fingerprint density at radius 1 is 1.42 bits per heavy atom. The summed E-state index contributed by atoms with van der Waals surface area (Å²) in [5, 5.41) is 0. The van der Waals surface area contributed by atoms with E-state index in [9.17, 15) is 4.79 Å². The Kier molecular flexibility index (Phi) is 1.86. The van der Waals surface area contributed by atoms with Crippen molar-refractivity contribution < 1.29 is 4.79 Å². The fourth-order valence-electron chi connectivity index (χ4n) is 1.17. The van der Waals surface area contributed by atoms with Gasteiger partial charge >= 0.3 is 0 Å². The summed E-state index contributed by atoms with van der Waals surface area (Å²) in [6.45, 7) is 0.351. The number of anilines is 1. The highest BCUT2D eigenvalue weighted by Gasteiger charge is 2.15. The van der Waals surface area contributed by atoms with E-state index in [2.05, 4.69) is 26.8 Å². The van der Waals surface area contributed by atoms with Crippen molar-refractivity contribution in [2.24, 2.45) is 0 Å². The molecule has 0 aliphatic carbocycles. The average Bonchev–Trinajstić information content (AvgIpc) is 2.07. The van der Waals surface area contributed by atoms with E-state index in [1.165, 1.54) is 0 Å². The van der Waals surface area contributed by atoms with Crippen LogP contribution in [0.5, 0.6) is 0 Å². The van der Waals surface area contributed by atoms with Crippen LogP contribution in [0.4, 0.5) is 5.69 Å². The van der Waals surface area contributed by atoms with Gasteiger partial charge in [0.15, 0.2) is 5.78 Å². The first-order valence-electron chi connectivity index (χ1n) is 3.59. The number of rotatable bonds is 0. The van der Waals surface area contributed by atoms with E-state index in [0.717, 1.165) is 15.7 Å². The van der Waals surface area contributed by atoms with Crippen molar-refractivity contribution in [1.82, 2.24) is 5.43 Å². The van der Waals surface area contributed by atoms with Gasteiger partial charge in [0, 0.05) is 10.0 Å². The summed E-state index contributed by atoms with van der Waals surface area (Å²) in [5.74, 6) is 0.116. The number of hydrogen-bond donors (Lipinski definition) is 2. The Bertz CT molecular complexity index is 338. The van der Waals surface area contributed by atoms with Gasteiger partial charge in [-0.25, -0.2) is 5.43 Å². The summed E-state index contributed by atoms with van der Waals surface area (Å²) < 4.78 is 0.929. The Morgan fingerprint density at radius 2 is 2.25 bits per heavy atom. The fraction of sp³-hybridized carbons (Fsp3) is 0.125. The molecule has 1 aromatic carbocycles. The first-order valence-corrected chi connectivity index (χ1v) is 4.38. The second-order valence-electron chi connectivity index (χ2n) is 2.59. The number of hydrogen-bond acceptors (Lipinski definition) is 3. The van der Waals surface area contributed by atoms with Crippen LogP contribution in [0.25, 0.3) is 0 Å². The van der Waals surface area contributed by atoms with Gasteiger partial charge in [0.25, 0.3) is 0 Å². The van der Waals surface area contributed by atoms with E-state index in [1.54, 1.807) is 0 Å². The van der Waals surface area contributed by atoms with E-state index in [-0.39, 0.29) is 5.78 Å². The summed E-state index contributed by atoms with van der Waals surface area (Å²) in [6.07, 6.45) is 0. The topological polar surface area (TPSA) is 41.1 Å². The highest BCUT2D eigenvalue weighted by molar-refractivity contribution is 9.10. The first-order chi connectivity index (χ1) is 5.77. The molecule has 2 N–H and O–H groups in total. The molecule has 62 valence electrons. The maximum absolute atomic E-state index is 11.3. The number of fused-ring (bicyclic) bond motifs is 1. The minimum atomic E-state index is 0.116. The molecule has 0 amide bonds. The van der Waals surface area contributed by atoms with Gasteiger partial charge in [-0.2, -0.15) is 0 Å². The molecule has 2 rings (SSSR count). The van der Waals surface area contributed by atoms with Crippen molar-refractivity contribution in [1.29, 1.82) is 0 Å². The lowest BCUT2D eigenvalue weighted by Gasteiger charge is -2.17. The van der Waals surface area contributed by atoms with Crippen LogP contribution in [0.1, 0.15) is 10.4 Å². The monoisotopic (exact) mass is 226 g/mol. The SMILES string of the molecule is O=C1CNNc2ccc(Br)cc21. The average molecular weight is 227 g/mol. The Labute approximate surface area is 78.3 Å². The van der Waals surface area contributed by atoms with Crippen molar-refractivity contribution in [2.75, 3.05) is 12.0 Å². The molecular formula is C8H7BrN2O. The lowest BCUT2D eigenvalue weighted by Crippen LogP contribution is -2.34. The molecule has 0 atom stereocenters. The smallest absolute Gasteiger partial charge is 0.180 e. The predicted octanol–water partition coefficient (Wildman–Crippen LogP) is 1.56.